The molecule has 1 aromatic rings. The van der Waals surface area contributed by atoms with Crippen LogP contribution in [0.25, 0.3) is 0 Å². The molecular weight excluding hydrogens is 282 g/mol. The SMILES string of the molecule is CO[C@@H]1C=C[C@@]23c4cc5c(cc4CN(C[C@@H]2O)[C@H]3C1)OCO5. The van der Waals surface area contributed by atoms with E-state index in [2.05, 4.69) is 29.2 Å². The lowest BCUT2D eigenvalue weighted by atomic mass is 9.65. The van der Waals surface area contributed by atoms with Crippen molar-refractivity contribution in [2.45, 2.75) is 36.6 Å². The van der Waals surface area contributed by atoms with E-state index in [4.69, 9.17) is 14.2 Å². The van der Waals surface area contributed by atoms with Crippen molar-refractivity contribution in [1.82, 2.24) is 4.90 Å². The van der Waals surface area contributed by atoms with Crippen LogP contribution in [0.3, 0.4) is 0 Å². The molecule has 0 radical (unpaired) electrons. The molecule has 3 aliphatic heterocycles. The maximum Gasteiger partial charge on any atom is 0.231 e. The van der Waals surface area contributed by atoms with Crippen molar-refractivity contribution >= 4 is 0 Å². The van der Waals surface area contributed by atoms with Crippen LogP contribution >= 0.6 is 0 Å². The summed E-state index contributed by atoms with van der Waals surface area (Å²) in [6, 6.07) is 4.44. The highest BCUT2D eigenvalue weighted by atomic mass is 16.7. The van der Waals surface area contributed by atoms with Gasteiger partial charge in [0, 0.05) is 26.2 Å². The van der Waals surface area contributed by atoms with Crippen molar-refractivity contribution in [2.24, 2.45) is 0 Å². The zero-order valence-electron chi connectivity index (χ0n) is 12.5. The number of hydrogen-bond acceptors (Lipinski definition) is 5. The number of methoxy groups -OCH3 is 1. The molecule has 3 heterocycles. The number of ether oxygens (including phenoxy) is 3. The quantitative estimate of drug-likeness (QED) is 0.790. The van der Waals surface area contributed by atoms with Gasteiger partial charge in [0.15, 0.2) is 11.5 Å². The molecule has 0 amide bonds. The molecule has 1 fully saturated rings. The van der Waals surface area contributed by atoms with Gasteiger partial charge in [0.2, 0.25) is 6.79 Å². The Morgan fingerprint density at radius 3 is 2.95 bits per heavy atom. The van der Waals surface area contributed by atoms with Crippen LogP contribution in [0.4, 0.5) is 0 Å². The normalized spacial score (nSPS) is 40.5. The van der Waals surface area contributed by atoms with Crippen LogP contribution < -0.4 is 9.47 Å². The van der Waals surface area contributed by atoms with Gasteiger partial charge >= 0.3 is 0 Å². The minimum Gasteiger partial charge on any atom is -0.454 e. The van der Waals surface area contributed by atoms with Gasteiger partial charge in [-0.3, -0.25) is 4.90 Å². The number of rotatable bonds is 1. The molecule has 1 aromatic carbocycles. The second kappa shape index (κ2) is 4.25. The Morgan fingerprint density at radius 2 is 2.14 bits per heavy atom. The van der Waals surface area contributed by atoms with Gasteiger partial charge in [-0.2, -0.15) is 0 Å². The van der Waals surface area contributed by atoms with Gasteiger partial charge in [0.1, 0.15) is 0 Å². The van der Waals surface area contributed by atoms with Crippen LogP contribution in [-0.2, 0) is 16.7 Å². The highest BCUT2D eigenvalue weighted by Crippen LogP contribution is 2.53. The largest absolute Gasteiger partial charge is 0.454 e. The topological polar surface area (TPSA) is 51.2 Å². The second-order valence-electron chi connectivity index (χ2n) is 6.63. The maximum absolute atomic E-state index is 10.8. The van der Waals surface area contributed by atoms with Crippen molar-refractivity contribution in [2.75, 3.05) is 20.4 Å². The number of hydrogen-bond donors (Lipinski definition) is 1. The molecule has 0 spiro atoms. The van der Waals surface area contributed by atoms with Crippen LogP contribution in [-0.4, -0.2) is 48.7 Å². The molecule has 5 rings (SSSR count). The average molecular weight is 301 g/mol. The fourth-order valence-corrected chi connectivity index (χ4v) is 4.69. The second-order valence-corrected chi connectivity index (χ2v) is 6.63. The van der Waals surface area contributed by atoms with Gasteiger partial charge in [0.25, 0.3) is 0 Å². The van der Waals surface area contributed by atoms with Gasteiger partial charge in [-0.05, 0) is 29.7 Å². The number of aliphatic hydroxyl groups excluding tert-OH is 1. The lowest BCUT2D eigenvalue weighted by Crippen LogP contribution is -2.52. The molecular formula is C17H19NO4. The molecule has 22 heavy (non-hydrogen) atoms. The van der Waals surface area contributed by atoms with Gasteiger partial charge in [0.05, 0.1) is 17.6 Å². The minimum atomic E-state index is -0.395. The Labute approximate surface area is 129 Å². The molecule has 0 aromatic heterocycles. The number of benzene rings is 1. The van der Waals surface area contributed by atoms with Crippen LogP contribution in [0.2, 0.25) is 0 Å². The molecule has 116 valence electrons. The third-order valence-electron chi connectivity index (χ3n) is 5.73. The van der Waals surface area contributed by atoms with E-state index in [1.807, 2.05) is 0 Å². The zero-order chi connectivity index (χ0) is 14.9. The van der Waals surface area contributed by atoms with E-state index in [1.165, 1.54) is 11.1 Å². The van der Waals surface area contributed by atoms with Crippen LogP contribution in [0.15, 0.2) is 24.3 Å². The molecule has 5 atom stereocenters. The van der Waals surface area contributed by atoms with Crippen molar-refractivity contribution in [3.05, 3.63) is 35.4 Å². The highest BCUT2D eigenvalue weighted by molar-refractivity contribution is 5.56. The van der Waals surface area contributed by atoms with Crippen LogP contribution in [0, 0.1) is 0 Å². The summed E-state index contributed by atoms with van der Waals surface area (Å²) in [4.78, 5) is 2.38. The summed E-state index contributed by atoms with van der Waals surface area (Å²) in [7, 11) is 1.75. The summed E-state index contributed by atoms with van der Waals surface area (Å²) >= 11 is 0. The lowest BCUT2D eigenvalue weighted by molar-refractivity contribution is 0.0660. The molecule has 5 heteroatoms. The number of fused-ring (bicyclic) bond motifs is 2. The Balaban J connectivity index is 1.72. The van der Waals surface area contributed by atoms with E-state index < -0.39 is 6.10 Å². The fraction of sp³-hybridized carbons (Fsp3) is 0.529. The monoisotopic (exact) mass is 301 g/mol. The molecule has 1 aliphatic carbocycles. The Morgan fingerprint density at radius 1 is 1.32 bits per heavy atom. The predicted molar refractivity (Wildman–Crippen MR) is 79.0 cm³/mol. The van der Waals surface area contributed by atoms with E-state index in [-0.39, 0.29) is 24.4 Å². The number of aliphatic hydroxyl groups is 1. The fourth-order valence-electron chi connectivity index (χ4n) is 4.69. The molecule has 1 N–H and O–H groups in total. The molecule has 0 saturated carbocycles. The summed E-state index contributed by atoms with van der Waals surface area (Å²) in [6.45, 7) is 1.83. The predicted octanol–water partition coefficient (Wildman–Crippen LogP) is 1.19. The average Bonchev–Trinajstić information content (AvgIpc) is 3.06. The summed E-state index contributed by atoms with van der Waals surface area (Å²) in [5.74, 6) is 1.61. The van der Waals surface area contributed by atoms with Gasteiger partial charge in [-0.15, -0.1) is 0 Å². The molecule has 4 aliphatic rings. The van der Waals surface area contributed by atoms with Crippen molar-refractivity contribution in [3.8, 4) is 11.5 Å². The van der Waals surface area contributed by atoms with E-state index in [0.717, 1.165) is 24.5 Å². The Kier molecular flexibility index (Phi) is 2.50. The summed E-state index contributed by atoms with van der Waals surface area (Å²) in [6.07, 6.45) is 4.91. The van der Waals surface area contributed by atoms with E-state index in [9.17, 15) is 5.11 Å². The molecule has 2 bridgehead atoms. The van der Waals surface area contributed by atoms with E-state index in [0.29, 0.717) is 6.54 Å². The van der Waals surface area contributed by atoms with Crippen LogP contribution in [0.5, 0.6) is 11.5 Å². The third-order valence-corrected chi connectivity index (χ3v) is 5.73. The van der Waals surface area contributed by atoms with E-state index in [1.54, 1.807) is 7.11 Å². The molecule has 1 saturated heterocycles. The van der Waals surface area contributed by atoms with Crippen LogP contribution in [0.1, 0.15) is 17.5 Å². The first-order chi connectivity index (χ1) is 10.7. The maximum atomic E-state index is 10.8. The third kappa shape index (κ3) is 1.44. The van der Waals surface area contributed by atoms with Gasteiger partial charge in [-0.25, -0.2) is 0 Å². The number of nitrogens with zero attached hydrogens (tertiary/aromatic N) is 1. The Hall–Kier alpha value is -1.56. The first-order valence-corrected chi connectivity index (χ1v) is 7.79. The molecule has 1 unspecified atom stereocenters. The van der Waals surface area contributed by atoms with Crippen molar-refractivity contribution in [3.63, 3.8) is 0 Å². The lowest BCUT2D eigenvalue weighted by Gasteiger charge is -2.46. The molecule has 5 nitrogen and oxygen atoms in total. The van der Waals surface area contributed by atoms with Crippen molar-refractivity contribution in [1.29, 1.82) is 0 Å². The highest BCUT2D eigenvalue weighted by Gasteiger charge is 2.58. The standard InChI is InChI=1S/C17H19NO4/c1-20-11-2-3-17-12-6-14-13(21-9-22-14)4-10(12)7-18(8-16(17)19)15(17)5-11/h2-4,6,11,15-16,19H,5,7-9H2,1H3/t11-,15+,16+,17+/m1/s1. The zero-order valence-corrected chi connectivity index (χ0v) is 12.5. The van der Waals surface area contributed by atoms with Crippen molar-refractivity contribution < 1.29 is 19.3 Å². The first-order valence-electron chi connectivity index (χ1n) is 7.79. The van der Waals surface area contributed by atoms with Gasteiger partial charge < -0.3 is 19.3 Å². The smallest absolute Gasteiger partial charge is 0.231 e. The Bertz CT molecular complexity index is 673. The van der Waals surface area contributed by atoms with E-state index >= 15 is 0 Å². The van der Waals surface area contributed by atoms with Gasteiger partial charge in [-0.1, -0.05) is 12.2 Å². The first kappa shape index (κ1) is 12.9. The minimum absolute atomic E-state index is 0.126. The summed E-state index contributed by atoms with van der Waals surface area (Å²) in [5, 5.41) is 10.8. The summed E-state index contributed by atoms with van der Waals surface area (Å²) < 4.78 is 16.6. The summed E-state index contributed by atoms with van der Waals surface area (Å²) in [5.41, 5.74) is 2.08.